The average molecular weight is 528 g/mol. The van der Waals surface area contributed by atoms with Crippen LogP contribution in [0.15, 0.2) is 77.8 Å². The minimum absolute atomic E-state index is 0.0248. The van der Waals surface area contributed by atoms with Crippen LogP contribution < -0.4 is 0 Å². The fourth-order valence-electron chi connectivity index (χ4n) is 3.97. The Morgan fingerprint density at radius 1 is 0.853 bits per heavy atom. The molecule has 0 unspecified atom stereocenters. The second-order valence-electron chi connectivity index (χ2n) is 7.83. The molecule has 8 heteroatoms. The molecule has 0 spiro atoms. The summed E-state index contributed by atoms with van der Waals surface area (Å²) in [6.45, 7) is 0.651. The van der Waals surface area contributed by atoms with Gasteiger partial charge in [-0.2, -0.15) is 0 Å². The first kappa shape index (κ1) is 23.1. The Kier molecular flexibility index (Phi) is 6.45. The van der Waals surface area contributed by atoms with E-state index in [4.69, 9.17) is 34.8 Å². The van der Waals surface area contributed by atoms with Crippen molar-refractivity contribution in [2.75, 3.05) is 0 Å². The predicted molar refractivity (Wildman–Crippen MR) is 140 cm³/mol. The second-order valence-corrected chi connectivity index (χ2v) is 10.1. The lowest BCUT2D eigenvalue weighted by molar-refractivity contribution is -0.123. The van der Waals surface area contributed by atoms with Crippen molar-refractivity contribution < 1.29 is 9.59 Å². The van der Waals surface area contributed by atoms with Gasteiger partial charge in [0.05, 0.1) is 11.4 Å². The van der Waals surface area contributed by atoms with Crippen molar-refractivity contribution in [3.63, 3.8) is 0 Å². The molecular weight excluding hydrogens is 511 g/mol. The standard InChI is InChI=1S/C26H17Cl3N2O2S/c27-18-6-3-5-16(11-18)13-30-14-17(19-7-1-2-10-23(19)30)12-24-25(32)31(26(33)34-24)15-20-21(28)8-4-9-22(20)29/h1-12,14H,13,15H2/b24-12-. The summed E-state index contributed by atoms with van der Waals surface area (Å²) in [7, 11) is 0. The van der Waals surface area contributed by atoms with Crippen LogP contribution in [0.2, 0.25) is 15.1 Å². The van der Waals surface area contributed by atoms with Gasteiger partial charge in [0.1, 0.15) is 0 Å². The third-order valence-electron chi connectivity index (χ3n) is 5.60. The molecule has 0 radical (unpaired) electrons. The number of amides is 2. The Hall–Kier alpha value is -2.70. The second kappa shape index (κ2) is 9.51. The molecule has 1 saturated heterocycles. The Morgan fingerprint density at radius 3 is 2.35 bits per heavy atom. The lowest BCUT2D eigenvalue weighted by atomic mass is 10.1. The summed E-state index contributed by atoms with van der Waals surface area (Å²) in [5.41, 5.74) is 3.50. The van der Waals surface area contributed by atoms with Gasteiger partial charge in [0.25, 0.3) is 11.1 Å². The van der Waals surface area contributed by atoms with Crippen LogP contribution in [0.1, 0.15) is 16.7 Å². The molecule has 0 saturated carbocycles. The van der Waals surface area contributed by atoms with E-state index in [9.17, 15) is 9.59 Å². The summed E-state index contributed by atoms with van der Waals surface area (Å²) in [5.74, 6) is -0.363. The number of fused-ring (bicyclic) bond motifs is 1. The quantitative estimate of drug-likeness (QED) is 0.248. The number of hydrogen-bond acceptors (Lipinski definition) is 3. The highest BCUT2D eigenvalue weighted by atomic mass is 35.5. The zero-order valence-electron chi connectivity index (χ0n) is 17.7. The highest BCUT2D eigenvalue weighted by Crippen LogP contribution is 2.37. The van der Waals surface area contributed by atoms with E-state index in [0.717, 1.165) is 33.8 Å². The summed E-state index contributed by atoms with van der Waals surface area (Å²) in [6.07, 6.45) is 3.76. The molecule has 4 aromatic rings. The molecule has 4 nitrogen and oxygen atoms in total. The van der Waals surface area contributed by atoms with Gasteiger partial charge in [-0.1, -0.05) is 71.2 Å². The fourth-order valence-corrected chi connectivity index (χ4v) is 5.53. The number of rotatable bonds is 5. The Bertz CT molecular complexity index is 1460. The van der Waals surface area contributed by atoms with Crippen LogP contribution in [0.25, 0.3) is 17.0 Å². The monoisotopic (exact) mass is 526 g/mol. The van der Waals surface area contributed by atoms with E-state index >= 15 is 0 Å². The first-order chi connectivity index (χ1) is 16.4. The maximum absolute atomic E-state index is 13.1. The Balaban J connectivity index is 1.47. The molecule has 0 atom stereocenters. The van der Waals surface area contributed by atoms with Crippen molar-refractivity contribution >= 4 is 74.7 Å². The van der Waals surface area contributed by atoms with Crippen LogP contribution in [-0.2, 0) is 17.9 Å². The molecule has 1 aliphatic heterocycles. The minimum atomic E-state index is -0.363. The van der Waals surface area contributed by atoms with E-state index in [-0.39, 0.29) is 17.7 Å². The van der Waals surface area contributed by atoms with Gasteiger partial charge in [-0.25, -0.2) is 0 Å². The van der Waals surface area contributed by atoms with Crippen LogP contribution in [0.3, 0.4) is 0 Å². The van der Waals surface area contributed by atoms with Gasteiger partial charge in [-0.3, -0.25) is 14.5 Å². The number of para-hydroxylation sites is 1. The molecule has 0 N–H and O–H groups in total. The number of benzene rings is 3. The molecule has 0 bridgehead atoms. The Morgan fingerprint density at radius 2 is 1.59 bits per heavy atom. The molecular formula is C26H17Cl3N2O2S. The maximum atomic E-state index is 13.1. The smallest absolute Gasteiger partial charge is 0.293 e. The molecule has 2 amide bonds. The van der Waals surface area contributed by atoms with E-state index in [1.807, 2.05) is 54.7 Å². The predicted octanol–water partition coefficient (Wildman–Crippen LogP) is 7.89. The summed E-state index contributed by atoms with van der Waals surface area (Å²) >= 11 is 19.6. The summed E-state index contributed by atoms with van der Waals surface area (Å²) in [5, 5.41) is 2.15. The van der Waals surface area contributed by atoms with E-state index < -0.39 is 0 Å². The first-order valence-corrected chi connectivity index (χ1v) is 12.4. The van der Waals surface area contributed by atoms with Gasteiger partial charge in [0.2, 0.25) is 0 Å². The molecule has 34 heavy (non-hydrogen) atoms. The Labute approximate surface area is 215 Å². The highest BCUT2D eigenvalue weighted by molar-refractivity contribution is 8.18. The highest BCUT2D eigenvalue weighted by Gasteiger charge is 2.36. The zero-order valence-corrected chi connectivity index (χ0v) is 20.8. The summed E-state index contributed by atoms with van der Waals surface area (Å²) < 4.78 is 2.11. The zero-order chi connectivity index (χ0) is 23.8. The molecule has 1 aliphatic rings. The third-order valence-corrected chi connectivity index (χ3v) is 7.45. The van der Waals surface area contributed by atoms with Gasteiger partial charge in [-0.05, 0) is 53.7 Å². The van der Waals surface area contributed by atoms with Gasteiger partial charge in [0.15, 0.2) is 0 Å². The van der Waals surface area contributed by atoms with Crippen molar-refractivity contribution in [1.82, 2.24) is 9.47 Å². The number of carbonyl (C=O) groups is 2. The number of carbonyl (C=O) groups excluding carboxylic acids is 2. The first-order valence-electron chi connectivity index (χ1n) is 10.4. The minimum Gasteiger partial charge on any atom is -0.342 e. The lowest BCUT2D eigenvalue weighted by Gasteiger charge is -2.14. The van der Waals surface area contributed by atoms with E-state index in [0.29, 0.717) is 32.1 Å². The van der Waals surface area contributed by atoms with Crippen molar-refractivity contribution in [2.24, 2.45) is 0 Å². The van der Waals surface area contributed by atoms with E-state index in [1.54, 1.807) is 24.3 Å². The van der Waals surface area contributed by atoms with Crippen molar-refractivity contribution in [2.45, 2.75) is 13.1 Å². The maximum Gasteiger partial charge on any atom is 0.293 e. The van der Waals surface area contributed by atoms with Crippen LogP contribution >= 0.6 is 46.6 Å². The van der Waals surface area contributed by atoms with Crippen LogP contribution in [0.5, 0.6) is 0 Å². The van der Waals surface area contributed by atoms with Crippen LogP contribution in [0.4, 0.5) is 4.79 Å². The largest absolute Gasteiger partial charge is 0.342 e. The van der Waals surface area contributed by atoms with Crippen molar-refractivity contribution in [3.8, 4) is 0 Å². The average Bonchev–Trinajstić information content (AvgIpc) is 3.28. The van der Waals surface area contributed by atoms with Crippen molar-refractivity contribution in [3.05, 3.63) is 110 Å². The van der Waals surface area contributed by atoms with Crippen molar-refractivity contribution in [1.29, 1.82) is 0 Å². The van der Waals surface area contributed by atoms with Crippen LogP contribution in [-0.4, -0.2) is 20.6 Å². The number of aromatic nitrogens is 1. The molecule has 1 aromatic heterocycles. The lowest BCUT2D eigenvalue weighted by Crippen LogP contribution is -2.27. The van der Waals surface area contributed by atoms with E-state index in [1.165, 1.54) is 4.90 Å². The number of nitrogens with zero attached hydrogens (tertiary/aromatic N) is 2. The number of hydrogen-bond donors (Lipinski definition) is 0. The van der Waals surface area contributed by atoms with Gasteiger partial charge >= 0.3 is 0 Å². The third kappa shape index (κ3) is 4.49. The molecule has 2 heterocycles. The topological polar surface area (TPSA) is 42.3 Å². The fraction of sp³-hybridized carbons (Fsp3) is 0.0769. The van der Waals surface area contributed by atoms with E-state index in [2.05, 4.69) is 4.57 Å². The molecule has 3 aromatic carbocycles. The molecule has 170 valence electrons. The number of halogens is 3. The summed E-state index contributed by atoms with van der Waals surface area (Å²) in [4.78, 5) is 27.3. The molecule has 5 rings (SSSR count). The SMILES string of the molecule is O=C1S/C(=C\c2cn(Cc3cccc(Cl)c3)c3ccccc23)C(=O)N1Cc1c(Cl)cccc1Cl. The molecule has 0 aliphatic carbocycles. The van der Waals surface area contributed by atoms with Crippen LogP contribution in [0, 0.1) is 0 Å². The van der Waals surface area contributed by atoms with Gasteiger partial charge < -0.3 is 4.57 Å². The van der Waals surface area contributed by atoms with Gasteiger partial charge in [-0.15, -0.1) is 0 Å². The summed E-state index contributed by atoms with van der Waals surface area (Å²) in [6, 6.07) is 20.8. The number of imide groups is 1. The normalized spacial score (nSPS) is 15.1. The molecule has 1 fully saturated rings. The van der Waals surface area contributed by atoms with Gasteiger partial charge in [0, 0.05) is 49.8 Å². The number of thioether (sulfide) groups is 1.